The van der Waals surface area contributed by atoms with Crippen molar-refractivity contribution in [2.75, 3.05) is 5.73 Å². The van der Waals surface area contributed by atoms with Crippen molar-refractivity contribution >= 4 is 39.8 Å². The summed E-state index contributed by atoms with van der Waals surface area (Å²) in [7, 11) is 0. The van der Waals surface area contributed by atoms with Crippen molar-refractivity contribution in [3.63, 3.8) is 0 Å². The zero-order valence-corrected chi connectivity index (χ0v) is 11.4. The molecular formula is C15H10Cl2N2. The number of nitrogens with zero attached hydrogens (tertiary/aromatic N) is 1. The van der Waals surface area contributed by atoms with Crippen LogP contribution in [0.1, 0.15) is 0 Å². The number of halogens is 2. The number of fused-ring (bicyclic) bond motifs is 1. The molecule has 1 aromatic heterocycles. The number of hydrogen-bond donors (Lipinski definition) is 1. The summed E-state index contributed by atoms with van der Waals surface area (Å²) in [5.41, 5.74) is 8.91. The summed E-state index contributed by atoms with van der Waals surface area (Å²) in [4.78, 5) is 4.59. The highest BCUT2D eigenvalue weighted by Gasteiger charge is 2.04. The van der Waals surface area contributed by atoms with E-state index in [4.69, 9.17) is 28.9 Å². The molecule has 2 nitrogen and oxygen atoms in total. The Morgan fingerprint density at radius 3 is 2.47 bits per heavy atom. The highest BCUT2D eigenvalue weighted by atomic mass is 35.5. The molecule has 0 unspecified atom stereocenters. The van der Waals surface area contributed by atoms with Gasteiger partial charge >= 0.3 is 0 Å². The van der Waals surface area contributed by atoms with Crippen LogP contribution in [0.25, 0.3) is 22.2 Å². The van der Waals surface area contributed by atoms with E-state index in [0.29, 0.717) is 15.7 Å². The second kappa shape index (κ2) is 4.72. The highest BCUT2D eigenvalue weighted by molar-refractivity contribution is 6.33. The molecule has 0 aliphatic carbocycles. The number of nitrogens with two attached hydrogens (primary N) is 1. The Labute approximate surface area is 120 Å². The standard InChI is InChI=1S/C15H10Cl2N2/c16-11-4-1-9-3-6-14(19-15(9)8-11)10-2-5-13(18)12(17)7-10/h1-8H,18H2. The van der Waals surface area contributed by atoms with E-state index >= 15 is 0 Å². The second-order valence-corrected chi connectivity index (χ2v) is 5.11. The molecule has 0 bridgehead atoms. The summed E-state index contributed by atoms with van der Waals surface area (Å²) in [5, 5.41) is 2.26. The van der Waals surface area contributed by atoms with E-state index in [1.807, 2.05) is 42.5 Å². The van der Waals surface area contributed by atoms with E-state index in [9.17, 15) is 0 Å². The molecule has 0 radical (unpaired) electrons. The first kappa shape index (κ1) is 12.3. The van der Waals surface area contributed by atoms with E-state index in [-0.39, 0.29) is 0 Å². The molecule has 3 aromatic rings. The van der Waals surface area contributed by atoms with Gasteiger partial charge in [0.2, 0.25) is 0 Å². The molecule has 4 heteroatoms. The molecule has 0 fully saturated rings. The summed E-state index contributed by atoms with van der Waals surface area (Å²) in [6.45, 7) is 0. The van der Waals surface area contributed by atoms with E-state index in [1.165, 1.54) is 0 Å². The Morgan fingerprint density at radius 2 is 1.68 bits per heavy atom. The topological polar surface area (TPSA) is 38.9 Å². The maximum Gasteiger partial charge on any atom is 0.0724 e. The average Bonchev–Trinajstić information content (AvgIpc) is 2.41. The Morgan fingerprint density at radius 1 is 0.895 bits per heavy atom. The monoisotopic (exact) mass is 288 g/mol. The predicted octanol–water partition coefficient (Wildman–Crippen LogP) is 4.79. The molecule has 0 atom stereocenters. The third-order valence-electron chi connectivity index (χ3n) is 2.95. The lowest BCUT2D eigenvalue weighted by atomic mass is 10.1. The first-order valence-electron chi connectivity index (χ1n) is 5.75. The van der Waals surface area contributed by atoms with Crippen LogP contribution in [0.3, 0.4) is 0 Å². The van der Waals surface area contributed by atoms with Crippen molar-refractivity contribution in [2.24, 2.45) is 0 Å². The van der Waals surface area contributed by atoms with E-state index in [1.54, 1.807) is 6.07 Å². The zero-order chi connectivity index (χ0) is 13.4. The molecule has 1 heterocycles. The molecule has 94 valence electrons. The van der Waals surface area contributed by atoms with Gasteiger partial charge in [-0.3, -0.25) is 0 Å². The van der Waals surface area contributed by atoms with Crippen LogP contribution in [0.15, 0.2) is 48.5 Å². The van der Waals surface area contributed by atoms with Crippen LogP contribution >= 0.6 is 23.2 Å². The van der Waals surface area contributed by atoms with E-state index < -0.39 is 0 Å². The van der Waals surface area contributed by atoms with Gasteiger partial charge in [0.15, 0.2) is 0 Å². The quantitative estimate of drug-likeness (QED) is 0.654. The molecule has 0 spiro atoms. The van der Waals surface area contributed by atoms with Crippen LogP contribution in [-0.4, -0.2) is 4.98 Å². The van der Waals surface area contributed by atoms with Crippen LogP contribution in [-0.2, 0) is 0 Å². The van der Waals surface area contributed by atoms with E-state index in [0.717, 1.165) is 22.2 Å². The summed E-state index contributed by atoms with van der Waals surface area (Å²) < 4.78 is 0. The molecule has 2 aromatic carbocycles. The molecule has 0 aliphatic rings. The van der Waals surface area contributed by atoms with Crippen LogP contribution in [0.4, 0.5) is 5.69 Å². The molecular weight excluding hydrogens is 279 g/mol. The molecule has 0 saturated carbocycles. The van der Waals surface area contributed by atoms with Gasteiger partial charge < -0.3 is 5.73 Å². The zero-order valence-electron chi connectivity index (χ0n) is 9.90. The smallest absolute Gasteiger partial charge is 0.0724 e. The van der Waals surface area contributed by atoms with Crippen LogP contribution in [0.2, 0.25) is 10.0 Å². The van der Waals surface area contributed by atoms with Gasteiger partial charge in [-0.15, -0.1) is 0 Å². The number of anilines is 1. The minimum atomic E-state index is 0.533. The second-order valence-electron chi connectivity index (χ2n) is 4.27. The van der Waals surface area contributed by atoms with Gasteiger partial charge in [0.05, 0.1) is 21.9 Å². The molecule has 0 saturated heterocycles. The Hall–Kier alpha value is -1.77. The van der Waals surface area contributed by atoms with Gasteiger partial charge in [-0.25, -0.2) is 4.98 Å². The normalized spacial score (nSPS) is 10.8. The molecule has 0 amide bonds. The Bertz CT molecular complexity index is 769. The number of nitrogen functional groups attached to an aromatic ring is 1. The average molecular weight is 289 g/mol. The minimum absolute atomic E-state index is 0.533. The number of benzene rings is 2. The van der Waals surface area contributed by atoms with Gasteiger partial charge in [0.1, 0.15) is 0 Å². The largest absolute Gasteiger partial charge is 0.398 e. The summed E-state index contributed by atoms with van der Waals surface area (Å²) in [6, 6.07) is 15.1. The third kappa shape index (κ3) is 2.37. The van der Waals surface area contributed by atoms with Gasteiger partial charge in [0, 0.05) is 16.0 Å². The van der Waals surface area contributed by atoms with Crippen molar-refractivity contribution in [1.82, 2.24) is 4.98 Å². The maximum atomic E-state index is 6.03. The predicted molar refractivity (Wildman–Crippen MR) is 81.6 cm³/mol. The van der Waals surface area contributed by atoms with Gasteiger partial charge in [-0.1, -0.05) is 41.4 Å². The SMILES string of the molecule is Nc1ccc(-c2ccc3ccc(Cl)cc3n2)cc1Cl. The Balaban J connectivity index is 2.16. The van der Waals surface area contributed by atoms with Gasteiger partial charge in [-0.05, 0) is 30.3 Å². The highest BCUT2D eigenvalue weighted by Crippen LogP contribution is 2.27. The first-order chi connectivity index (χ1) is 9.13. The summed E-state index contributed by atoms with van der Waals surface area (Å²) >= 11 is 12.0. The fourth-order valence-electron chi connectivity index (χ4n) is 1.94. The first-order valence-corrected chi connectivity index (χ1v) is 6.51. The fraction of sp³-hybridized carbons (Fsp3) is 0. The van der Waals surface area contributed by atoms with Gasteiger partial charge in [-0.2, -0.15) is 0 Å². The molecule has 2 N–H and O–H groups in total. The maximum absolute atomic E-state index is 6.03. The van der Waals surface area contributed by atoms with Crippen molar-refractivity contribution in [1.29, 1.82) is 0 Å². The van der Waals surface area contributed by atoms with Gasteiger partial charge in [0.25, 0.3) is 0 Å². The lowest BCUT2D eigenvalue weighted by Gasteiger charge is -2.05. The van der Waals surface area contributed by atoms with Crippen LogP contribution < -0.4 is 5.73 Å². The molecule has 19 heavy (non-hydrogen) atoms. The number of rotatable bonds is 1. The van der Waals surface area contributed by atoms with Crippen molar-refractivity contribution < 1.29 is 0 Å². The lowest BCUT2D eigenvalue weighted by molar-refractivity contribution is 1.40. The third-order valence-corrected chi connectivity index (χ3v) is 3.51. The lowest BCUT2D eigenvalue weighted by Crippen LogP contribution is -1.89. The molecule has 0 aliphatic heterocycles. The van der Waals surface area contributed by atoms with E-state index in [2.05, 4.69) is 4.98 Å². The van der Waals surface area contributed by atoms with Crippen LogP contribution in [0.5, 0.6) is 0 Å². The van der Waals surface area contributed by atoms with Crippen molar-refractivity contribution in [3.8, 4) is 11.3 Å². The van der Waals surface area contributed by atoms with Crippen molar-refractivity contribution in [2.45, 2.75) is 0 Å². The number of aromatic nitrogens is 1. The Kier molecular flexibility index (Phi) is 3.05. The number of hydrogen-bond acceptors (Lipinski definition) is 2. The number of pyridine rings is 1. The fourth-order valence-corrected chi connectivity index (χ4v) is 2.28. The summed E-state index contributed by atoms with van der Waals surface area (Å²) in [6.07, 6.45) is 0. The van der Waals surface area contributed by atoms with Crippen molar-refractivity contribution in [3.05, 3.63) is 58.6 Å². The molecule has 3 rings (SSSR count). The minimum Gasteiger partial charge on any atom is -0.398 e. The van der Waals surface area contributed by atoms with Crippen LogP contribution in [0, 0.1) is 0 Å². The summed E-state index contributed by atoms with van der Waals surface area (Å²) in [5.74, 6) is 0.